The van der Waals surface area contributed by atoms with Crippen LogP contribution < -0.4 is 10.4 Å². The molecule has 0 N–H and O–H groups in total. The van der Waals surface area contributed by atoms with Gasteiger partial charge in [0.25, 0.3) is 5.56 Å². The van der Waals surface area contributed by atoms with Crippen molar-refractivity contribution < 1.29 is 9.39 Å². The van der Waals surface area contributed by atoms with Gasteiger partial charge in [0.1, 0.15) is 13.4 Å². The van der Waals surface area contributed by atoms with Crippen LogP contribution in [0.15, 0.2) is 40.4 Å². The average Bonchev–Trinajstić information content (AvgIpc) is 2.54. The SMILES string of the molecule is COn1c(=O)c(-c2ccc(Cl)cc2Cl)cc2cnc([S+](C)[O-])nc21. The van der Waals surface area contributed by atoms with Gasteiger partial charge in [0.15, 0.2) is 5.65 Å². The van der Waals surface area contributed by atoms with Crippen molar-refractivity contribution in [3.05, 3.63) is 50.9 Å². The summed E-state index contributed by atoms with van der Waals surface area (Å²) in [5.41, 5.74) is 0.624. The fourth-order valence-corrected chi connectivity index (χ4v) is 3.19. The van der Waals surface area contributed by atoms with Crippen LogP contribution in [0.4, 0.5) is 0 Å². The van der Waals surface area contributed by atoms with Gasteiger partial charge in [0.2, 0.25) is 0 Å². The topological polar surface area (TPSA) is 80.1 Å². The molecule has 0 amide bonds. The van der Waals surface area contributed by atoms with Crippen molar-refractivity contribution in [2.75, 3.05) is 13.4 Å². The maximum Gasteiger partial charge on any atom is 0.344 e. The van der Waals surface area contributed by atoms with E-state index in [9.17, 15) is 9.35 Å². The summed E-state index contributed by atoms with van der Waals surface area (Å²) in [5.74, 6) is 0. The molecule has 2 aromatic heterocycles. The maximum absolute atomic E-state index is 12.7. The van der Waals surface area contributed by atoms with E-state index in [1.165, 1.54) is 19.6 Å². The molecule has 0 saturated heterocycles. The molecule has 6 nitrogen and oxygen atoms in total. The van der Waals surface area contributed by atoms with Gasteiger partial charge in [-0.05, 0) is 18.2 Å². The van der Waals surface area contributed by atoms with Crippen LogP contribution in [0.5, 0.6) is 0 Å². The van der Waals surface area contributed by atoms with Gasteiger partial charge in [0, 0.05) is 33.3 Å². The molecule has 1 atom stereocenters. The van der Waals surface area contributed by atoms with Crippen LogP contribution in [-0.2, 0) is 11.2 Å². The van der Waals surface area contributed by atoms with Crippen molar-refractivity contribution in [2.24, 2.45) is 0 Å². The predicted octanol–water partition coefficient (Wildman–Crippen LogP) is 2.56. The minimum atomic E-state index is -1.38. The molecule has 3 rings (SSSR count). The van der Waals surface area contributed by atoms with Gasteiger partial charge in [-0.1, -0.05) is 29.3 Å². The molecule has 2 heterocycles. The highest BCUT2D eigenvalue weighted by Crippen LogP contribution is 2.29. The molecule has 0 spiro atoms. The fraction of sp³-hybridized carbons (Fsp3) is 0.133. The Bertz CT molecular complexity index is 992. The minimum absolute atomic E-state index is 0.116. The lowest BCUT2D eigenvalue weighted by Crippen LogP contribution is -2.27. The number of fused-ring (bicyclic) bond motifs is 1. The van der Waals surface area contributed by atoms with E-state index in [1.54, 1.807) is 24.3 Å². The first kappa shape index (κ1) is 17.0. The Labute approximate surface area is 150 Å². The van der Waals surface area contributed by atoms with E-state index in [2.05, 4.69) is 9.97 Å². The average molecular weight is 384 g/mol. The summed E-state index contributed by atoms with van der Waals surface area (Å²) in [5, 5.41) is 1.47. The number of hydrogen-bond acceptors (Lipinski definition) is 5. The highest BCUT2D eigenvalue weighted by atomic mass is 35.5. The standard InChI is InChI=1S/C15H11Cl2N3O3S/c1-23-20-13-8(7-18-15(19-13)24(2)22)5-11(14(20)21)10-4-3-9(16)6-12(10)17/h3-7H,1-2H3. The zero-order valence-electron chi connectivity index (χ0n) is 12.6. The highest BCUT2D eigenvalue weighted by molar-refractivity contribution is 7.90. The summed E-state index contributed by atoms with van der Waals surface area (Å²) in [6.45, 7) is 0. The summed E-state index contributed by atoms with van der Waals surface area (Å²) in [7, 11) is 1.35. The van der Waals surface area contributed by atoms with E-state index in [1.807, 2.05) is 0 Å². The second-order valence-corrected chi connectivity index (χ2v) is 6.97. The number of aromatic nitrogens is 3. The van der Waals surface area contributed by atoms with Crippen molar-refractivity contribution >= 4 is 45.4 Å². The third kappa shape index (κ3) is 2.95. The van der Waals surface area contributed by atoms with Crippen LogP contribution in [0, 0.1) is 0 Å². The van der Waals surface area contributed by atoms with Gasteiger partial charge in [-0.2, -0.15) is 9.97 Å². The first-order valence-corrected chi connectivity index (χ1v) is 9.00. The van der Waals surface area contributed by atoms with Gasteiger partial charge in [0.05, 0.1) is 10.6 Å². The summed E-state index contributed by atoms with van der Waals surface area (Å²) >= 11 is 10.7. The van der Waals surface area contributed by atoms with E-state index < -0.39 is 16.7 Å². The Kier molecular flexibility index (Phi) is 4.69. The molecule has 0 aliphatic carbocycles. The van der Waals surface area contributed by atoms with Crippen LogP contribution in [0.25, 0.3) is 22.2 Å². The third-order valence-corrected chi connectivity index (χ3v) is 4.60. The summed E-state index contributed by atoms with van der Waals surface area (Å²) in [6, 6.07) is 6.47. The van der Waals surface area contributed by atoms with E-state index in [-0.39, 0.29) is 10.8 Å². The van der Waals surface area contributed by atoms with Crippen molar-refractivity contribution in [2.45, 2.75) is 5.16 Å². The molecule has 0 aliphatic rings. The fourth-order valence-electron chi connectivity index (χ4n) is 2.26. The molecule has 124 valence electrons. The molecule has 3 aromatic rings. The van der Waals surface area contributed by atoms with Crippen molar-refractivity contribution in [1.29, 1.82) is 0 Å². The molecule has 9 heteroatoms. The second-order valence-electron chi connectivity index (χ2n) is 4.85. The predicted molar refractivity (Wildman–Crippen MR) is 94.1 cm³/mol. The summed E-state index contributed by atoms with van der Waals surface area (Å²) < 4.78 is 12.6. The van der Waals surface area contributed by atoms with E-state index in [0.29, 0.717) is 26.6 Å². The molecule has 1 unspecified atom stereocenters. The first-order chi connectivity index (χ1) is 11.4. The van der Waals surface area contributed by atoms with E-state index in [4.69, 9.17) is 28.0 Å². The molecule has 0 aliphatic heterocycles. The largest absolute Gasteiger partial charge is 0.609 e. The van der Waals surface area contributed by atoms with Crippen molar-refractivity contribution in [3.63, 3.8) is 0 Å². The van der Waals surface area contributed by atoms with Crippen LogP contribution >= 0.6 is 23.2 Å². The molecule has 0 fully saturated rings. The lowest BCUT2D eigenvalue weighted by Gasteiger charge is -2.12. The molecule has 1 aromatic carbocycles. The van der Waals surface area contributed by atoms with Gasteiger partial charge >= 0.3 is 5.16 Å². The molecule has 0 saturated carbocycles. The second kappa shape index (κ2) is 6.60. The van der Waals surface area contributed by atoms with E-state index in [0.717, 1.165) is 4.73 Å². The summed E-state index contributed by atoms with van der Waals surface area (Å²) in [6.07, 6.45) is 2.94. The zero-order chi connectivity index (χ0) is 17.4. The zero-order valence-corrected chi connectivity index (χ0v) is 14.9. The Balaban J connectivity index is 2.33. The smallest absolute Gasteiger partial charge is 0.344 e. The number of rotatable bonds is 3. The van der Waals surface area contributed by atoms with E-state index >= 15 is 0 Å². The molecule has 0 radical (unpaired) electrons. The Morgan fingerprint density at radius 3 is 2.62 bits per heavy atom. The van der Waals surface area contributed by atoms with Gasteiger partial charge in [-0.15, -0.1) is 4.73 Å². The van der Waals surface area contributed by atoms with Gasteiger partial charge in [-0.3, -0.25) is 4.79 Å². The Morgan fingerprint density at radius 2 is 2.00 bits per heavy atom. The van der Waals surface area contributed by atoms with Crippen molar-refractivity contribution in [1.82, 2.24) is 14.7 Å². The molecule has 24 heavy (non-hydrogen) atoms. The number of nitrogens with zero attached hydrogens (tertiary/aromatic N) is 3. The third-order valence-electron chi connectivity index (χ3n) is 3.34. The lowest BCUT2D eigenvalue weighted by atomic mass is 10.1. The number of pyridine rings is 1. The molecular formula is C15H11Cl2N3O3S. The Morgan fingerprint density at radius 1 is 1.25 bits per heavy atom. The molecular weight excluding hydrogens is 373 g/mol. The lowest BCUT2D eigenvalue weighted by molar-refractivity contribution is 0.167. The van der Waals surface area contributed by atoms with Crippen molar-refractivity contribution in [3.8, 4) is 11.1 Å². The Hall–Kier alpha value is -1.80. The highest BCUT2D eigenvalue weighted by Gasteiger charge is 2.18. The summed E-state index contributed by atoms with van der Waals surface area (Å²) in [4.78, 5) is 26.1. The normalized spacial score (nSPS) is 12.4. The van der Waals surface area contributed by atoms with Crippen LogP contribution in [0.3, 0.4) is 0 Å². The number of hydrogen-bond donors (Lipinski definition) is 0. The van der Waals surface area contributed by atoms with Crippen LogP contribution in [0.1, 0.15) is 0 Å². The maximum atomic E-state index is 12.7. The van der Waals surface area contributed by atoms with Crippen LogP contribution in [-0.4, -0.2) is 32.6 Å². The number of benzene rings is 1. The molecule has 0 bridgehead atoms. The van der Waals surface area contributed by atoms with Crippen LogP contribution in [0.2, 0.25) is 10.0 Å². The van der Waals surface area contributed by atoms with Gasteiger partial charge in [-0.25, -0.2) is 0 Å². The monoisotopic (exact) mass is 383 g/mol. The first-order valence-electron chi connectivity index (χ1n) is 6.68. The quantitative estimate of drug-likeness (QED) is 0.512. The van der Waals surface area contributed by atoms with Gasteiger partial charge < -0.3 is 9.39 Å². The number of halogens is 2. The minimum Gasteiger partial charge on any atom is -0.609 e.